The van der Waals surface area contributed by atoms with Crippen LogP contribution in [0.5, 0.6) is 5.75 Å². The molecule has 3 rings (SSSR count). The summed E-state index contributed by atoms with van der Waals surface area (Å²) in [4.78, 5) is 26.8. The van der Waals surface area contributed by atoms with E-state index in [1.807, 2.05) is 48.5 Å². The van der Waals surface area contributed by atoms with Crippen molar-refractivity contribution in [3.05, 3.63) is 95.1 Å². The first-order valence-electron chi connectivity index (χ1n) is 9.32. The lowest BCUT2D eigenvalue weighted by Crippen LogP contribution is -2.22. The SMILES string of the molecule is COc1ccc(C(=O)N(C)C)cc1NC(=O)c1ccccc1Cc1ccccc1. The highest BCUT2D eigenvalue weighted by atomic mass is 16.5. The third-order valence-electron chi connectivity index (χ3n) is 4.60. The molecule has 0 fully saturated rings. The van der Waals surface area contributed by atoms with E-state index in [4.69, 9.17) is 4.74 Å². The maximum absolute atomic E-state index is 13.0. The van der Waals surface area contributed by atoms with Crippen molar-refractivity contribution >= 4 is 17.5 Å². The highest BCUT2D eigenvalue weighted by molar-refractivity contribution is 6.07. The average Bonchev–Trinajstić information content (AvgIpc) is 2.74. The van der Waals surface area contributed by atoms with Crippen molar-refractivity contribution in [2.45, 2.75) is 6.42 Å². The molecule has 0 aliphatic rings. The third kappa shape index (κ3) is 4.82. The molecule has 0 radical (unpaired) electrons. The molecule has 0 aromatic heterocycles. The van der Waals surface area contributed by atoms with E-state index in [0.717, 1.165) is 11.1 Å². The molecule has 148 valence electrons. The molecular formula is C24H24N2O3. The van der Waals surface area contributed by atoms with Gasteiger partial charge in [-0.3, -0.25) is 9.59 Å². The minimum Gasteiger partial charge on any atom is -0.495 e. The van der Waals surface area contributed by atoms with E-state index in [2.05, 4.69) is 5.32 Å². The molecular weight excluding hydrogens is 364 g/mol. The van der Waals surface area contributed by atoms with Crippen molar-refractivity contribution in [3.63, 3.8) is 0 Å². The lowest BCUT2D eigenvalue weighted by molar-refractivity contribution is 0.0827. The summed E-state index contributed by atoms with van der Waals surface area (Å²) >= 11 is 0. The molecule has 0 heterocycles. The first kappa shape index (κ1) is 20.1. The molecule has 1 N–H and O–H groups in total. The molecule has 0 spiro atoms. The number of benzene rings is 3. The van der Waals surface area contributed by atoms with Gasteiger partial charge in [-0.1, -0.05) is 48.5 Å². The Labute approximate surface area is 170 Å². The predicted molar refractivity (Wildman–Crippen MR) is 115 cm³/mol. The average molecular weight is 388 g/mol. The fourth-order valence-electron chi connectivity index (χ4n) is 3.10. The summed E-state index contributed by atoms with van der Waals surface area (Å²) in [6, 6.07) is 22.5. The fourth-order valence-corrected chi connectivity index (χ4v) is 3.10. The summed E-state index contributed by atoms with van der Waals surface area (Å²) < 4.78 is 5.36. The second kappa shape index (κ2) is 9.06. The van der Waals surface area contributed by atoms with Crippen LogP contribution in [0.4, 0.5) is 5.69 Å². The Morgan fingerprint density at radius 3 is 2.31 bits per heavy atom. The Kier molecular flexibility index (Phi) is 6.29. The number of amides is 2. The van der Waals surface area contributed by atoms with Gasteiger partial charge in [-0.05, 0) is 41.8 Å². The van der Waals surface area contributed by atoms with Crippen molar-refractivity contribution < 1.29 is 14.3 Å². The molecule has 2 amide bonds. The summed E-state index contributed by atoms with van der Waals surface area (Å²) in [5, 5.41) is 2.90. The van der Waals surface area contributed by atoms with E-state index in [1.54, 1.807) is 38.4 Å². The summed E-state index contributed by atoms with van der Waals surface area (Å²) in [6.45, 7) is 0. The molecule has 5 nitrogen and oxygen atoms in total. The van der Waals surface area contributed by atoms with Crippen LogP contribution < -0.4 is 10.1 Å². The van der Waals surface area contributed by atoms with Gasteiger partial charge in [0.15, 0.2) is 0 Å². The number of hydrogen-bond donors (Lipinski definition) is 1. The number of rotatable bonds is 6. The molecule has 3 aromatic rings. The van der Waals surface area contributed by atoms with Gasteiger partial charge in [0.1, 0.15) is 5.75 Å². The van der Waals surface area contributed by atoms with Crippen LogP contribution in [0, 0.1) is 0 Å². The maximum atomic E-state index is 13.0. The number of nitrogens with zero attached hydrogens (tertiary/aromatic N) is 1. The maximum Gasteiger partial charge on any atom is 0.256 e. The van der Waals surface area contributed by atoms with Gasteiger partial charge in [-0.2, -0.15) is 0 Å². The van der Waals surface area contributed by atoms with Crippen molar-refractivity contribution in [3.8, 4) is 5.75 Å². The van der Waals surface area contributed by atoms with Crippen LogP contribution in [-0.4, -0.2) is 37.9 Å². The number of ether oxygens (including phenoxy) is 1. The number of carbonyl (C=O) groups is 2. The predicted octanol–water partition coefficient (Wildman–Crippen LogP) is 4.24. The van der Waals surface area contributed by atoms with E-state index in [-0.39, 0.29) is 11.8 Å². The minimum absolute atomic E-state index is 0.146. The first-order chi connectivity index (χ1) is 14.0. The molecule has 5 heteroatoms. The molecule has 29 heavy (non-hydrogen) atoms. The summed E-state index contributed by atoms with van der Waals surface area (Å²) in [5.41, 5.74) is 3.57. The topological polar surface area (TPSA) is 58.6 Å². The second-order valence-corrected chi connectivity index (χ2v) is 6.89. The number of methoxy groups -OCH3 is 1. The van der Waals surface area contributed by atoms with Gasteiger partial charge in [-0.15, -0.1) is 0 Å². The number of hydrogen-bond acceptors (Lipinski definition) is 3. The molecule has 0 bridgehead atoms. The van der Waals surface area contributed by atoms with Crippen LogP contribution >= 0.6 is 0 Å². The van der Waals surface area contributed by atoms with Crippen LogP contribution in [0.3, 0.4) is 0 Å². The highest BCUT2D eigenvalue weighted by Gasteiger charge is 2.16. The van der Waals surface area contributed by atoms with Crippen molar-refractivity contribution in [2.75, 3.05) is 26.5 Å². The monoisotopic (exact) mass is 388 g/mol. The zero-order valence-corrected chi connectivity index (χ0v) is 16.8. The standard InChI is InChI=1S/C24H24N2O3/c1-26(2)24(28)19-13-14-22(29-3)21(16-19)25-23(27)20-12-8-7-11-18(20)15-17-9-5-4-6-10-17/h4-14,16H,15H2,1-3H3,(H,25,27). The van der Waals surface area contributed by atoms with Crippen molar-refractivity contribution in [2.24, 2.45) is 0 Å². The van der Waals surface area contributed by atoms with Crippen molar-refractivity contribution in [1.29, 1.82) is 0 Å². The van der Waals surface area contributed by atoms with Gasteiger partial charge < -0.3 is 15.0 Å². The van der Waals surface area contributed by atoms with E-state index < -0.39 is 0 Å². The van der Waals surface area contributed by atoms with Gasteiger partial charge in [-0.25, -0.2) is 0 Å². The lowest BCUT2D eigenvalue weighted by atomic mass is 9.99. The summed E-state index contributed by atoms with van der Waals surface area (Å²) in [6.07, 6.45) is 0.653. The molecule has 0 aliphatic carbocycles. The molecule has 0 atom stereocenters. The van der Waals surface area contributed by atoms with E-state index in [9.17, 15) is 9.59 Å². The first-order valence-corrected chi connectivity index (χ1v) is 9.32. The Bertz CT molecular complexity index is 1010. The van der Waals surface area contributed by atoms with E-state index >= 15 is 0 Å². The number of carbonyl (C=O) groups excluding carboxylic acids is 2. The quantitative estimate of drug-likeness (QED) is 0.687. The van der Waals surface area contributed by atoms with Gasteiger partial charge in [0.25, 0.3) is 11.8 Å². The van der Waals surface area contributed by atoms with Crippen LogP contribution in [0.1, 0.15) is 31.8 Å². The number of anilines is 1. The van der Waals surface area contributed by atoms with Gasteiger partial charge in [0, 0.05) is 25.2 Å². The highest BCUT2D eigenvalue weighted by Crippen LogP contribution is 2.27. The van der Waals surface area contributed by atoms with Gasteiger partial charge >= 0.3 is 0 Å². The van der Waals surface area contributed by atoms with Crippen LogP contribution in [0.25, 0.3) is 0 Å². The Morgan fingerprint density at radius 2 is 1.62 bits per heavy atom. The van der Waals surface area contributed by atoms with Gasteiger partial charge in [0.05, 0.1) is 12.8 Å². The van der Waals surface area contributed by atoms with E-state index in [0.29, 0.717) is 29.0 Å². The second-order valence-electron chi connectivity index (χ2n) is 6.89. The molecule has 0 saturated carbocycles. The van der Waals surface area contributed by atoms with Crippen LogP contribution in [0.2, 0.25) is 0 Å². The third-order valence-corrected chi connectivity index (χ3v) is 4.60. The largest absolute Gasteiger partial charge is 0.495 e. The Balaban J connectivity index is 1.89. The smallest absolute Gasteiger partial charge is 0.256 e. The molecule has 0 unspecified atom stereocenters. The molecule has 3 aromatic carbocycles. The normalized spacial score (nSPS) is 10.3. The zero-order chi connectivity index (χ0) is 20.8. The van der Waals surface area contributed by atoms with Crippen LogP contribution in [-0.2, 0) is 6.42 Å². The number of nitrogens with one attached hydrogen (secondary N) is 1. The van der Waals surface area contributed by atoms with Crippen LogP contribution in [0.15, 0.2) is 72.8 Å². The molecule has 0 saturated heterocycles. The fraction of sp³-hybridized carbons (Fsp3) is 0.167. The Morgan fingerprint density at radius 1 is 0.931 bits per heavy atom. The zero-order valence-electron chi connectivity index (χ0n) is 16.8. The van der Waals surface area contributed by atoms with E-state index in [1.165, 1.54) is 12.0 Å². The Hall–Kier alpha value is -3.60. The molecule has 0 aliphatic heterocycles. The van der Waals surface area contributed by atoms with Gasteiger partial charge in [0.2, 0.25) is 0 Å². The lowest BCUT2D eigenvalue weighted by Gasteiger charge is -2.15. The summed E-state index contributed by atoms with van der Waals surface area (Å²) in [7, 11) is 4.90. The minimum atomic E-state index is -0.246. The van der Waals surface area contributed by atoms with Crippen molar-refractivity contribution in [1.82, 2.24) is 4.90 Å². The summed E-state index contributed by atoms with van der Waals surface area (Å²) in [5.74, 6) is 0.103.